The van der Waals surface area contributed by atoms with Crippen LogP contribution in [0.2, 0.25) is 0 Å². The van der Waals surface area contributed by atoms with E-state index in [2.05, 4.69) is 71.9 Å². The second-order valence-corrected chi connectivity index (χ2v) is 11.8. The lowest BCUT2D eigenvalue weighted by atomic mass is 10.2. The van der Waals surface area contributed by atoms with Crippen molar-refractivity contribution in [1.82, 2.24) is 0 Å². The van der Waals surface area contributed by atoms with E-state index in [1.54, 1.807) is 30.0 Å². The second-order valence-electron chi connectivity index (χ2n) is 7.86. The highest BCUT2D eigenvalue weighted by Gasteiger charge is 2.27. The van der Waals surface area contributed by atoms with Gasteiger partial charge in [0, 0.05) is 23.6 Å². The maximum absolute atomic E-state index is 11.5. The summed E-state index contributed by atoms with van der Waals surface area (Å²) in [7, 11) is -4.04. The van der Waals surface area contributed by atoms with Gasteiger partial charge in [0.15, 0.2) is 0 Å². The molecule has 5 nitrogen and oxygen atoms in total. The van der Waals surface area contributed by atoms with Gasteiger partial charge >= 0.3 is 0 Å². The molecule has 3 aromatic rings. The zero-order chi connectivity index (χ0) is 22.9. The summed E-state index contributed by atoms with van der Waals surface area (Å²) in [5, 5.41) is 1.46. The van der Waals surface area contributed by atoms with Gasteiger partial charge in [-0.2, -0.15) is 13.0 Å². The lowest BCUT2D eigenvalue weighted by Gasteiger charge is -2.22. The molecule has 0 bridgehead atoms. The summed E-state index contributed by atoms with van der Waals surface area (Å²) in [6.45, 7) is 7.22. The Morgan fingerprint density at radius 1 is 1.19 bits per heavy atom. The first-order valence-corrected chi connectivity index (χ1v) is 13.7. The first kappa shape index (κ1) is 23.0. The fourth-order valence-electron chi connectivity index (χ4n) is 3.77. The molecular weight excluding hydrogens is 460 g/mol. The van der Waals surface area contributed by atoms with Gasteiger partial charge in [-0.3, -0.25) is 4.55 Å². The molecule has 1 unspecified atom stereocenters. The first-order valence-electron chi connectivity index (χ1n) is 10.6. The van der Waals surface area contributed by atoms with Crippen LogP contribution in [0.5, 0.6) is 0 Å². The van der Waals surface area contributed by atoms with Crippen molar-refractivity contribution in [1.29, 1.82) is 0 Å². The molecule has 0 spiro atoms. The first-order chi connectivity index (χ1) is 15.3. The van der Waals surface area contributed by atoms with Gasteiger partial charge in [0.2, 0.25) is 5.52 Å². The minimum atomic E-state index is -4.04. The van der Waals surface area contributed by atoms with Gasteiger partial charge in [-0.05, 0) is 57.0 Å². The van der Waals surface area contributed by atoms with Gasteiger partial charge < -0.3 is 4.90 Å². The molecule has 0 saturated heterocycles. The zero-order valence-corrected chi connectivity index (χ0v) is 20.8. The Kier molecular flexibility index (Phi) is 6.76. The van der Waals surface area contributed by atoms with Gasteiger partial charge in [0.25, 0.3) is 15.1 Å². The number of aromatic nitrogens is 1. The monoisotopic (exact) mass is 487 g/mol. The van der Waals surface area contributed by atoms with Crippen molar-refractivity contribution in [3.63, 3.8) is 0 Å². The van der Waals surface area contributed by atoms with Crippen molar-refractivity contribution in [3.05, 3.63) is 70.2 Å². The summed E-state index contributed by atoms with van der Waals surface area (Å²) in [6, 6.07) is 16.6. The molecule has 0 aliphatic carbocycles. The van der Waals surface area contributed by atoms with Crippen LogP contribution >= 0.6 is 23.1 Å². The molecule has 1 aliphatic heterocycles. The maximum atomic E-state index is 11.5. The third-order valence-corrected chi connectivity index (χ3v) is 9.04. The van der Waals surface area contributed by atoms with Crippen molar-refractivity contribution < 1.29 is 17.5 Å². The van der Waals surface area contributed by atoms with Crippen molar-refractivity contribution in [2.75, 3.05) is 11.4 Å². The summed E-state index contributed by atoms with van der Waals surface area (Å²) < 4.78 is 35.9. The molecule has 8 heteroatoms. The van der Waals surface area contributed by atoms with E-state index in [9.17, 15) is 13.0 Å². The highest BCUT2D eigenvalue weighted by atomic mass is 32.2. The Balaban J connectivity index is 1.65. The van der Waals surface area contributed by atoms with Crippen LogP contribution in [0.4, 0.5) is 5.69 Å². The number of para-hydroxylation sites is 2. The summed E-state index contributed by atoms with van der Waals surface area (Å²) in [5.74, 6) is 0. The van der Waals surface area contributed by atoms with Gasteiger partial charge in [-0.15, -0.1) is 0 Å². The van der Waals surface area contributed by atoms with E-state index in [0.29, 0.717) is 13.0 Å². The Morgan fingerprint density at radius 2 is 1.91 bits per heavy atom. The van der Waals surface area contributed by atoms with Crippen LogP contribution in [-0.4, -0.2) is 24.8 Å². The van der Waals surface area contributed by atoms with Gasteiger partial charge in [-0.1, -0.05) is 47.4 Å². The molecule has 0 saturated carbocycles. The number of thiazole rings is 1. The molecule has 2 heterocycles. The number of thioether (sulfide) groups is 1. The molecule has 1 atom stereocenters. The van der Waals surface area contributed by atoms with Gasteiger partial charge in [0.05, 0.1) is 16.0 Å². The molecule has 1 aromatic heterocycles. The topological polar surface area (TPSA) is 61.5 Å². The smallest absolute Gasteiger partial charge is 0.267 e. The minimum Gasteiger partial charge on any atom is -0.335 e. The van der Waals surface area contributed by atoms with Crippen LogP contribution in [0.15, 0.2) is 70.1 Å². The van der Waals surface area contributed by atoms with E-state index in [1.165, 1.54) is 15.2 Å². The standard InChI is InChI=1S/C24H26N2O3S3/c1-4-25-19-9-5-7-11-21(19)30-23(25)15-17(2)16-24-26(14-13-18(3)32(27,28)29)20-10-6-8-12-22(20)31-24/h5-12,15-16,18H,4,13-14H2,1-3H3/p+1. The summed E-state index contributed by atoms with van der Waals surface area (Å²) in [5.41, 5.74) is 3.45. The molecule has 0 radical (unpaired) electrons. The third-order valence-electron chi connectivity index (χ3n) is 5.56. The summed E-state index contributed by atoms with van der Waals surface area (Å²) >= 11 is 3.47. The van der Waals surface area contributed by atoms with Crippen molar-refractivity contribution >= 4 is 55.2 Å². The molecule has 0 fully saturated rings. The predicted molar refractivity (Wildman–Crippen MR) is 135 cm³/mol. The van der Waals surface area contributed by atoms with E-state index < -0.39 is 15.4 Å². The van der Waals surface area contributed by atoms with E-state index >= 15 is 0 Å². The number of nitrogens with zero attached hydrogens (tertiary/aromatic N) is 2. The van der Waals surface area contributed by atoms with Gasteiger partial charge in [-0.25, -0.2) is 0 Å². The number of fused-ring (bicyclic) bond motifs is 2. The lowest BCUT2D eigenvalue weighted by Crippen LogP contribution is -2.33. The molecule has 168 valence electrons. The zero-order valence-electron chi connectivity index (χ0n) is 18.4. The van der Waals surface area contributed by atoms with E-state index in [1.807, 2.05) is 12.1 Å². The van der Waals surface area contributed by atoms with Gasteiger partial charge in [0.1, 0.15) is 11.2 Å². The molecule has 32 heavy (non-hydrogen) atoms. The minimum absolute atomic E-state index is 0.347. The average molecular weight is 488 g/mol. The van der Waals surface area contributed by atoms with Crippen molar-refractivity contribution in [3.8, 4) is 0 Å². The number of benzene rings is 2. The van der Waals surface area contributed by atoms with E-state index in [-0.39, 0.29) is 0 Å². The number of hydrogen-bond acceptors (Lipinski definition) is 5. The molecule has 4 rings (SSSR count). The van der Waals surface area contributed by atoms with Crippen molar-refractivity contribution in [2.24, 2.45) is 0 Å². The van der Waals surface area contributed by atoms with Crippen LogP contribution in [0, 0.1) is 0 Å². The second kappa shape index (κ2) is 9.39. The molecule has 1 aliphatic rings. The molecule has 1 N–H and O–H groups in total. The van der Waals surface area contributed by atoms with Crippen LogP contribution in [0.1, 0.15) is 32.2 Å². The fourth-order valence-corrected chi connectivity index (χ4v) is 6.61. The third kappa shape index (κ3) is 4.78. The van der Waals surface area contributed by atoms with Crippen LogP contribution in [0.3, 0.4) is 0 Å². The van der Waals surface area contributed by atoms with Crippen LogP contribution < -0.4 is 9.47 Å². The van der Waals surface area contributed by atoms with Crippen molar-refractivity contribution in [2.45, 2.75) is 43.9 Å². The highest BCUT2D eigenvalue weighted by Crippen LogP contribution is 2.46. The highest BCUT2D eigenvalue weighted by molar-refractivity contribution is 8.03. The SMILES string of the molecule is CC[n+]1c(C=C(C)C=C2Sc3ccccc3N2CCC(C)S(=O)(=O)O)sc2ccccc21. The summed E-state index contributed by atoms with van der Waals surface area (Å²) in [6.07, 6.45) is 4.72. The number of aryl methyl sites for hydroxylation is 1. The van der Waals surface area contributed by atoms with E-state index in [0.717, 1.165) is 27.7 Å². The average Bonchev–Trinajstić information content (AvgIpc) is 3.27. The number of anilines is 1. The molecule has 2 aromatic carbocycles. The fraction of sp³-hybridized carbons (Fsp3) is 0.292. The normalized spacial score (nSPS) is 16.7. The quantitative estimate of drug-likeness (QED) is 0.341. The van der Waals surface area contributed by atoms with E-state index in [4.69, 9.17) is 0 Å². The Labute approximate surface area is 197 Å². The van der Waals surface area contributed by atoms with Crippen LogP contribution in [-0.2, 0) is 16.7 Å². The van der Waals surface area contributed by atoms with Crippen LogP contribution in [0.25, 0.3) is 16.3 Å². The summed E-state index contributed by atoms with van der Waals surface area (Å²) in [4.78, 5) is 3.30. The number of hydrogen-bond donors (Lipinski definition) is 1. The number of allylic oxidation sites excluding steroid dienone is 2. The number of rotatable bonds is 7. The lowest BCUT2D eigenvalue weighted by molar-refractivity contribution is -0.665. The Morgan fingerprint density at radius 3 is 2.66 bits per heavy atom. The maximum Gasteiger partial charge on any atom is 0.267 e. The largest absolute Gasteiger partial charge is 0.335 e. The molecule has 0 amide bonds. The Hall–Kier alpha value is -2.13. The predicted octanol–water partition coefficient (Wildman–Crippen LogP) is 5.73. The molecular formula is C24H27N2O3S3+. The Bertz CT molecular complexity index is 1310.